The number of ether oxygens (including phenoxy) is 1. The Morgan fingerprint density at radius 3 is 2.42 bits per heavy atom. The monoisotopic (exact) mass is 425 g/mol. The molecular formula is C23H31N5O3. The van der Waals surface area contributed by atoms with E-state index in [0.29, 0.717) is 29.9 Å². The zero-order valence-electron chi connectivity index (χ0n) is 18.2. The zero-order chi connectivity index (χ0) is 22.8. The van der Waals surface area contributed by atoms with E-state index in [1.165, 1.54) is 5.01 Å². The highest BCUT2D eigenvalue weighted by Crippen LogP contribution is 2.18. The first-order valence-corrected chi connectivity index (χ1v) is 10.1. The van der Waals surface area contributed by atoms with Crippen LogP contribution in [0.25, 0.3) is 0 Å². The third-order valence-corrected chi connectivity index (χ3v) is 4.35. The van der Waals surface area contributed by atoms with Gasteiger partial charge in [0, 0.05) is 36.1 Å². The minimum atomic E-state index is -0.331. The average Bonchev–Trinajstić information content (AvgIpc) is 2.69. The van der Waals surface area contributed by atoms with E-state index in [1.54, 1.807) is 30.5 Å². The molecule has 8 heteroatoms. The van der Waals surface area contributed by atoms with Gasteiger partial charge in [-0.25, -0.2) is 10.6 Å². The van der Waals surface area contributed by atoms with Crippen LogP contribution in [0.15, 0.2) is 60.4 Å². The Hall–Kier alpha value is -3.52. The second kappa shape index (κ2) is 11.6. The Morgan fingerprint density at radius 2 is 1.77 bits per heavy atom. The van der Waals surface area contributed by atoms with Crippen molar-refractivity contribution < 1.29 is 14.3 Å². The molecule has 2 amide bonds. The Morgan fingerprint density at radius 1 is 1.10 bits per heavy atom. The van der Waals surface area contributed by atoms with Crippen molar-refractivity contribution in [1.29, 1.82) is 0 Å². The maximum Gasteiger partial charge on any atom is 0.323 e. The van der Waals surface area contributed by atoms with Crippen LogP contribution in [-0.2, 0) is 9.53 Å². The largest absolute Gasteiger partial charge is 0.465 e. The number of hydrogen-bond donors (Lipinski definition) is 4. The summed E-state index contributed by atoms with van der Waals surface area (Å²) in [6.07, 6.45) is 2.34. The first-order valence-electron chi connectivity index (χ1n) is 10.1. The van der Waals surface area contributed by atoms with Crippen molar-refractivity contribution in [3.63, 3.8) is 0 Å². The van der Waals surface area contributed by atoms with Gasteiger partial charge in [0.05, 0.1) is 12.3 Å². The van der Waals surface area contributed by atoms with Gasteiger partial charge < -0.3 is 21.1 Å². The van der Waals surface area contributed by atoms with Gasteiger partial charge in [-0.1, -0.05) is 32.0 Å². The molecule has 166 valence electrons. The summed E-state index contributed by atoms with van der Waals surface area (Å²) in [5.41, 5.74) is 9.48. The lowest BCUT2D eigenvalue weighted by atomic mass is 10.1. The molecule has 0 fully saturated rings. The van der Waals surface area contributed by atoms with Crippen LogP contribution in [-0.4, -0.2) is 18.6 Å². The smallest absolute Gasteiger partial charge is 0.323 e. The summed E-state index contributed by atoms with van der Waals surface area (Å²) >= 11 is 0. The van der Waals surface area contributed by atoms with E-state index >= 15 is 0 Å². The first kappa shape index (κ1) is 23.8. The molecule has 6 N–H and O–H groups in total. The highest BCUT2D eigenvalue weighted by molar-refractivity contribution is 6.00. The summed E-state index contributed by atoms with van der Waals surface area (Å²) in [5.74, 6) is 6.05. The van der Waals surface area contributed by atoms with Crippen LogP contribution >= 0.6 is 0 Å². The number of amides is 2. The zero-order valence-corrected chi connectivity index (χ0v) is 18.2. The molecule has 0 saturated carbocycles. The number of esters is 1. The number of hydrogen-bond acceptors (Lipinski definition) is 6. The van der Waals surface area contributed by atoms with E-state index in [0.717, 1.165) is 11.3 Å². The molecule has 0 aliphatic carbocycles. The van der Waals surface area contributed by atoms with E-state index in [1.807, 2.05) is 45.0 Å². The molecule has 0 spiro atoms. The van der Waals surface area contributed by atoms with Crippen LogP contribution in [0.1, 0.15) is 32.3 Å². The molecule has 2 aromatic rings. The highest BCUT2D eigenvalue weighted by Gasteiger charge is 2.07. The number of anilines is 3. The fourth-order valence-electron chi connectivity index (χ4n) is 2.71. The van der Waals surface area contributed by atoms with Crippen molar-refractivity contribution in [3.8, 4) is 0 Å². The van der Waals surface area contributed by atoms with Gasteiger partial charge in [0.2, 0.25) is 0 Å². The van der Waals surface area contributed by atoms with Crippen LogP contribution in [0.4, 0.5) is 21.9 Å². The standard InChI is InChI=1S/C23H31N5O3/c1-16(2)14-22(29)31-13-12-18(24)15-28(25)20-10-8-19(9-11-20)26-23(30)27-21-7-5-4-6-17(21)3/h4-11,15-16H,12-14,24-25H2,1-3H3,(H2,26,27,30)/b18-15-. The van der Waals surface area contributed by atoms with Gasteiger partial charge in [0.1, 0.15) is 0 Å². The van der Waals surface area contributed by atoms with Crippen molar-refractivity contribution in [2.45, 2.75) is 33.6 Å². The fourth-order valence-corrected chi connectivity index (χ4v) is 2.71. The lowest BCUT2D eigenvalue weighted by molar-refractivity contribution is -0.144. The van der Waals surface area contributed by atoms with E-state index in [-0.39, 0.29) is 24.5 Å². The number of benzene rings is 2. The van der Waals surface area contributed by atoms with E-state index in [9.17, 15) is 9.59 Å². The second-order valence-electron chi connectivity index (χ2n) is 7.62. The molecule has 0 heterocycles. The van der Waals surface area contributed by atoms with Crippen LogP contribution in [0, 0.1) is 12.8 Å². The van der Waals surface area contributed by atoms with E-state index in [2.05, 4.69) is 10.6 Å². The van der Waals surface area contributed by atoms with Crippen molar-refractivity contribution in [2.75, 3.05) is 22.2 Å². The third-order valence-electron chi connectivity index (χ3n) is 4.35. The average molecular weight is 426 g/mol. The number of rotatable bonds is 9. The molecule has 0 aliphatic heterocycles. The van der Waals surface area contributed by atoms with Gasteiger partial charge in [-0.2, -0.15) is 0 Å². The lowest BCUT2D eigenvalue weighted by Gasteiger charge is -2.16. The number of nitrogens with zero attached hydrogens (tertiary/aromatic N) is 1. The van der Waals surface area contributed by atoms with Crippen LogP contribution < -0.4 is 27.2 Å². The van der Waals surface area contributed by atoms with Crippen molar-refractivity contribution >= 4 is 29.1 Å². The molecule has 2 rings (SSSR count). The summed E-state index contributed by atoms with van der Waals surface area (Å²) in [7, 11) is 0. The normalized spacial score (nSPS) is 11.2. The number of carbonyl (C=O) groups is 2. The van der Waals surface area contributed by atoms with Gasteiger partial charge in [-0.05, 0) is 48.7 Å². The third kappa shape index (κ3) is 8.39. The lowest BCUT2D eigenvalue weighted by Crippen LogP contribution is -2.26. The Balaban J connectivity index is 1.84. The predicted octanol–water partition coefficient (Wildman–Crippen LogP) is 4.10. The minimum absolute atomic E-state index is 0.209. The van der Waals surface area contributed by atoms with Crippen molar-refractivity contribution in [1.82, 2.24) is 0 Å². The van der Waals surface area contributed by atoms with Gasteiger partial charge in [0.15, 0.2) is 0 Å². The Bertz CT molecular complexity index is 910. The molecule has 0 unspecified atom stereocenters. The first-order chi connectivity index (χ1) is 14.7. The molecule has 2 aromatic carbocycles. The number of aryl methyl sites for hydroxylation is 1. The molecule has 0 aromatic heterocycles. The highest BCUT2D eigenvalue weighted by atomic mass is 16.5. The van der Waals surface area contributed by atoms with Crippen LogP contribution in [0.3, 0.4) is 0 Å². The summed E-state index contributed by atoms with van der Waals surface area (Å²) in [4.78, 5) is 23.7. The van der Waals surface area contributed by atoms with Gasteiger partial charge in [-0.3, -0.25) is 9.80 Å². The predicted molar refractivity (Wildman–Crippen MR) is 124 cm³/mol. The Kier molecular flexibility index (Phi) is 8.90. The van der Waals surface area contributed by atoms with Gasteiger partial charge in [0.25, 0.3) is 0 Å². The fraction of sp³-hybridized carbons (Fsp3) is 0.304. The second-order valence-corrected chi connectivity index (χ2v) is 7.62. The topological polar surface area (TPSA) is 123 Å². The summed E-state index contributed by atoms with van der Waals surface area (Å²) in [6, 6.07) is 14.2. The van der Waals surface area contributed by atoms with Gasteiger partial charge in [-0.15, -0.1) is 0 Å². The number of hydrazine groups is 1. The van der Waals surface area contributed by atoms with Crippen LogP contribution in [0.5, 0.6) is 0 Å². The summed E-state index contributed by atoms with van der Waals surface area (Å²) in [6.45, 7) is 6.05. The number of nitrogens with two attached hydrogens (primary N) is 2. The molecule has 31 heavy (non-hydrogen) atoms. The molecule has 8 nitrogen and oxygen atoms in total. The molecule has 0 aliphatic rings. The Labute approximate surface area is 183 Å². The summed E-state index contributed by atoms with van der Waals surface area (Å²) in [5, 5.41) is 6.97. The molecule has 0 bridgehead atoms. The van der Waals surface area contributed by atoms with E-state index < -0.39 is 0 Å². The van der Waals surface area contributed by atoms with Gasteiger partial charge >= 0.3 is 12.0 Å². The van der Waals surface area contributed by atoms with E-state index in [4.69, 9.17) is 16.3 Å². The maximum absolute atomic E-state index is 12.2. The molecule has 0 atom stereocenters. The summed E-state index contributed by atoms with van der Waals surface area (Å²) < 4.78 is 5.15. The number of carbonyl (C=O) groups excluding carboxylic acids is 2. The maximum atomic E-state index is 12.2. The van der Waals surface area contributed by atoms with Crippen molar-refractivity contribution in [2.24, 2.45) is 17.5 Å². The van der Waals surface area contributed by atoms with Crippen LogP contribution in [0.2, 0.25) is 0 Å². The molecular weight excluding hydrogens is 394 g/mol. The number of urea groups is 1. The molecule has 0 radical (unpaired) electrons. The molecule has 0 saturated heterocycles. The number of nitrogens with one attached hydrogen (secondary N) is 2. The van der Waals surface area contributed by atoms with Crippen molar-refractivity contribution in [3.05, 3.63) is 66.0 Å². The minimum Gasteiger partial charge on any atom is -0.465 e. The quantitative estimate of drug-likeness (QED) is 0.272. The SMILES string of the molecule is Cc1ccccc1NC(=O)Nc1ccc(N(N)/C=C(\N)CCOC(=O)CC(C)C)cc1. The number of para-hydroxylation sites is 1.